The van der Waals surface area contributed by atoms with Gasteiger partial charge >= 0.3 is 0 Å². The Hall–Kier alpha value is -0.390. The van der Waals surface area contributed by atoms with E-state index < -0.39 is 0 Å². The first kappa shape index (κ1) is 14.5. The van der Waals surface area contributed by atoms with Gasteiger partial charge in [0.2, 0.25) is 0 Å². The maximum Gasteiger partial charge on any atom is 0.0931 e. The summed E-state index contributed by atoms with van der Waals surface area (Å²) in [6.45, 7) is 0.860. The average molecular weight is 328 g/mol. The van der Waals surface area contributed by atoms with Gasteiger partial charge in [-0.2, -0.15) is 0 Å². The number of hydrogen-bond acceptors (Lipinski definition) is 4. The summed E-state index contributed by atoms with van der Waals surface area (Å²) >= 11 is 9.45. The molecule has 0 amide bonds. The number of aliphatic hydroxyl groups excluding tert-OH is 1. The maximum absolute atomic E-state index is 9.95. The molecule has 5 heteroatoms. The van der Waals surface area contributed by atoms with Crippen molar-refractivity contribution in [3.63, 3.8) is 0 Å². The van der Waals surface area contributed by atoms with E-state index in [9.17, 15) is 5.11 Å². The fourth-order valence-corrected chi connectivity index (χ4v) is 4.85. The van der Waals surface area contributed by atoms with E-state index in [1.54, 1.807) is 22.7 Å². The van der Waals surface area contributed by atoms with Gasteiger partial charge in [-0.05, 0) is 42.3 Å². The minimum absolute atomic E-state index is 0.140. The molecule has 2 aromatic heterocycles. The highest BCUT2D eigenvalue weighted by Gasteiger charge is 2.26. The standard InChI is InChI=1S/C15H18ClNOS2/c16-14-7-6-13(20-14)15(12-5-2-8-19-12)17-9-10-3-1-4-11(10)18/h2,5-8,10-11,15,17-18H,1,3-4,9H2. The maximum atomic E-state index is 9.95. The van der Waals surface area contributed by atoms with Crippen LogP contribution in [0.5, 0.6) is 0 Å². The molecular formula is C15H18ClNOS2. The van der Waals surface area contributed by atoms with Crippen LogP contribution >= 0.6 is 34.3 Å². The molecule has 1 saturated carbocycles. The molecule has 20 heavy (non-hydrogen) atoms. The first-order valence-corrected chi connectivity index (χ1v) is 9.01. The fourth-order valence-electron chi connectivity index (χ4n) is 2.80. The Balaban J connectivity index is 1.73. The van der Waals surface area contributed by atoms with Crippen LogP contribution in [-0.4, -0.2) is 17.8 Å². The van der Waals surface area contributed by atoms with Crippen LogP contribution in [0.1, 0.15) is 35.1 Å². The van der Waals surface area contributed by atoms with Crippen LogP contribution in [0, 0.1) is 5.92 Å². The average Bonchev–Trinajstić information content (AvgIpc) is 3.14. The Morgan fingerprint density at radius 2 is 2.20 bits per heavy atom. The zero-order valence-electron chi connectivity index (χ0n) is 11.1. The van der Waals surface area contributed by atoms with Crippen molar-refractivity contribution in [1.82, 2.24) is 5.32 Å². The summed E-state index contributed by atoms with van der Waals surface area (Å²) in [5.41, 5.74) is 0. The third-order valence-corrected chi connectivity index (χ3v) is 6.14. The molecule has 0 aromatic carbocycles. The molecule has 2 aromatic rings. The van der Waals surface area contributed by atoms with E-state index in [0.717, 1.165) is 30.1 Å². The highest BCUT2D eigenvalue weighted by atomic mass is 35.5. The molecule has 108 valence electrons. The topological polar surface area (TPSA) is 32.3 Å². The van der Waals surface area contributed by atoms with Gasteiger partial charge in [0, 0.05) is 16.3 Å². The Morgan fingerprint density at radius 1 is 1.30 bits per heavy atom. The van der Waals surface area contributed by atoms with E-state index in [2.05, 4.69) is 28.9 Å². The summed E-state index contributed by atoms with van der Waals surface area (Å²) in [6.07, 6.45) is 3.07. The lowest BCUT2D eigenvalue weighted by molar-refractivity contribution is 0.130. The van der Waals surface area contributed by atoms with Crippen molar-refractivity contribution in [3.8, 4) is 0 Å². The number of halogens is 1. The van der Waals surface area contributed by atoms with Gasteiger partial charge in [-0.1, -0.05) is 24.1 Å². The summed E-state index contributed by atoms with van der Waals surface area (Å²) in [7, 11) is 0. The number of rotatable bonds is 5. The zero-order chi connectivity index (χ0) is 13.9. The second-order valence-corrected chi connectivity index (χ2v) is 7.98. The van der Waals surface area contributed by atoms with E-state index >= 15 is 0 Å². The molecule has 1 aliphatic carbocycles. The summed E-state index contributed by atoms with van der Waals surface area (Å²) in [5, 5.41) is 15.7. The molecule has 0 radical (unpaired) electrons. The van der Waals surface area contributed by atoms with Gasteiger partial charge in [0.1, 0.15) is 0 Å². The Morgan fingerprint density at radius 3 is 2.80 bits per heavy atom. The van der Waals surface area contributed by atoms with Crippen LogP contribution in [-0.2, 0) is 0 Å². The lowest BCUT2D eigenvalue weighted by atomic mass is 10.1. The molecule has 3 unspecified atom stereocenters. The molecule has 2 N–H and O–H groups in total. The molecule has 2 nitrogen and oxygen atoms in total. The van der Waals surface area contributed by atoms with Crippen molar-refractivity contribution in [3.05, 3.63) is 43.7 Å². The van der Waals surface area contributed by atoms with Gasteiger partial charge in [0.25, 0.3) is 0 Å². The smallest absolute Gasteiger partial charge is 0.0931 e. The minimum atomic E-state index is -0.140. The van der Waals surface area contributed by atoms with Crippen molar-refractivity contribution >= 4 is 34.3 Å². The van der Waals surface area contributed by atoms with Gasteiger partial charge in [0.05, 0.1) is 16.5 Å². The van der Waals surface area contributed by atoms with Crippen molar-refractivity contribution in [2.24, 2.45) is 5.92 Å². The number of nitrogens with one attached hydrogen (secondary N) is 1. The fraction of sp³-hybridized carbons (Fsp3) is 0.467. The van der Waals surface area contributed by atoms with Gasteiger partial charge in [-0.15, -0.1) is 22.7 Å². The highest BCUT2D eigenvalue weighted by molar-refractivity contribution is 7.16. The molecule has 1 fully saturated rings. The molecule has 0 bridgehead atoms. The molecular weight excluding hydrogens is 310 g/mol. The normalized spacial score (nSPS) is 24.1. The first-order valence-electron chi connectivity index (χ1n) is 6.94. The zero-order valence-corrected chi connectivity index (χ0v) is 13.5. The quantitative estimate of drug-likeness (QED) is 0.858. The van der Waals surface area contributed by atoms with Gasteiger partial charge < -0.3 is 10.4 Å². The minimum Gasteiger partial charge on any atom is -0.393 e. The lowest BCUT2D eigenvalue weighted by Gasteiger charge is -2.21. The van der Waals surface area contributed by atoms with Crippen molar-refractivity contribution in [1.29, 1.82) is 0 Å². The second-order valence-electron chi connectivity index (χ2n) is 5.26. The van der Waals surface area contributed by atoms with E-state index in [0.29, 0.717) is 5.92 Å². The van der Waals surface area contributed by atoms with E-state index in [1.807, 2.05) is 6.07 Å². The van der Waals surface area contributed by atoms with Crippen molar-refractivity contribution < 1.29 is 5.11 Å². The summed E-state index contributed by atoms with van der Waals surface area (Å²) in [6, 6.07) is 8.47. The summed E-state index contributed by atoms with van der Waals surface area (Å²) < 4.78 is 0.823. The van der Waals surface area contributed by atoms with Crippen LogP contribution < -0.4 is 5.32 Å². The van der Waals surface area contributed by atoms with Gasteiger partial charge in [-0.3, -0.25) is 0 Å². The van der Waals surface area contributed by atoms with Crippen LogP contribution in [0.4, 0.5) is 0 Å². The Bertz CT molecular complexity index is 540. The molecule has 3 atom stereocenters. The predicted molar refractivity (Wildman–Crippen MR) is 86.8 cm³/mol. The second kappa shape index (κ2) is 6.58. The van der Waals surface area contributed by atoms with Crippen LogP contribution in [0.15, 0.2) is 29.6 Å². The monoisotopic (exact) mass is 327 g/mol. The lowest BCUT2D eigenvalue weighted by Crippen LogP contribution is -2.30. The third kappa shape index (κ3) is 3.26. The molecule has 0 aliphatic heterocycles. The van der Waals surface area contributed by atoms with Crippen molar-refractivity contribution in [2.75, 3.05) is 6.54 Å². The molecule has 3 rings (SSSR count). The third-order valence-electron chi connectivity index (χ3n) is 3.91. The Labute approximate surface area is 132 Å². The summed E-state index contributed by atoms with van der Waals surface area (Å²) in [5.74, 6) is 0.382. The predicted octanol–water partition coefficient (Wildman–Crippen LogP) is 4.30. The molecule has 1 aliphatic rings. The van der Waals surface area contributed by atoms with Crippen LogP contribution in [0.3, 0.4) is 0 Å². The first-order chi connectivity index (χ1) is 9.74. The molecule has 0 saturated heterocycles. The van der Waals surface area contributed by atoms with Crippen molar-refractivity contribution in [2.45, 2.75) is 31.4 Å². The van der Waals surface area contributed by atoms with E-state index in [1.165, 1.54) is 9.75 Å². The largest absolute Gasteiger partial charge is 0.393 e. The summed E-state index contributed by atoms with van der Waals surface area (Å²) in [4.78, 5) is 2.54. The van der Waals surface area contributed by atoms with Crippen LogP contribution in [0.2, 0.25) is 4.34 Å². The van der Waals surface area contributed by atoms with Crippen LogP contribution in [0.25, 0.3) is 0 Å². The SMILES string of the molecule is OC1CCCC1CNC(c1cccs1)c1ccc(Cl)s1. The number of thiophene rings is 2. The number of aliphatic hydroxyl groups is 1. The molecule has 0 spiro atoms. The highest BCUT2D eigenvalue weighted by Crippen LogP contribution is 2.34. The van der Waals surface area contributed by atoms with Gasteiger partial charge in [-0.25, -0.2) is 0 Å². The van der Waals surface area contributed by atoms with Gasteiger partial charge in [0.15, 0.2) is 0 Å². The van der Waals surface area contributed by atoms with E-state index in [4.69, 9.17) is 11.6 Å². The van der Waals surface area contributed by atoms with E-state index in [-0.39, 0.29) is 12.1 Å². The number of hydrogen-bond donors (Lipinski definition) is 2. The Kier molecular flexibility index (Phi) is 4.79. The molecule has 2 heterocycles.